The maximum Gasteiger partial charge on any atom is 0.190 e. The van der Waals surface area contributed by atoms with E-state index in [2.05, 4.69) is 18.2 Å². The molecule has 0 N–H and O–H groups in total. The fourth-order valence-electron chi connectivity index (χ4n) is 2.77. The SMILES string of the molecule is O=C1C=CC2=C3C=Cc4ccccc4C3OCOC2=C1. The number of ether oxygens (including phenoxy) is 2. The van der Waals surface area contributed by atoms with Crippen molar-refractivity contribution in [2.24, 2.45) is 0 Å². The van der Waals surface area contributed by atoms with E-state index in [1.807, 2.05) is 24.3 Å². The Hall–Kier alpha value is -2.39. The van der Waals surface area contributed by atoms with Gasteiger partial charge in [-0.2, -0.15) is 0 Å². The van der Waals surface area contributed by atoms with Gasteiger partial charge in [-0.05, 0) is 28.9 Å². The lowest BCUT2D eigenvalue weighted by Crippen LogP contribution is -2.11. The Morgan fingerprint density at radius 2 is 1.95 bits per heavy atom. The first-order valence-electron chi connectivity index (χ1n) is 6.52. The third-order valence-corrected chi connectivity index (χ3v) is 3.72. The Kier molecular flexibility index (Phi) is 2.47. The molecule has 1 aliphatic heterocycles. The van der Waals surface area contributed by atoms with Gasteiger partial charge in [0.25, 0.3) is 0 Å². The van der Waals surface area contributed by atoms with Crippen molar-refractivity contribution in [2.75, 3.05) is 6.79 Å². The van der Waals surface area contributed by atoms with Gasteiger partial charge >= 0.3 is 0 Å². The molecule has 1 heterocycles. The summed E-state index contributed by atoms with van der Waals surface area (Å²) in [5, 5.41) is 0. The standard InChI is InChI=1S/C17H12O3/c18-12-6-8-14-15-7-5-11-3-1-2-4-13(11)17(15)20-10-19-16(14)9-12/h1-9,17H,10H2. The minimum Gasteiger partial charge on any atom is -0.467 e. The quantitative estimate of drug-likeness (QED) is 0.722. The van der Waals surface area contributed by atoms with E-state index in [4.69, 9.17) is 9.47 Å². The third-order valence-electron chi connectivity index (χ3n) is 3.72. The van der Waals surface area contributed by atoms with Crippen molar-refractivity contribution in [3.8, 4) is 0 Å². The number of hydrogen-bond acceptors (Lipinski definition) is 3. The zero-order valence-corrected chi connectivity index (χ0v) is 10.7. The molecule has 2 aliphatic carbocycles. The Bertz CT molecular complexity index is 720. The lowest BCUT2D eigenvalue weighted by molar-refractivity contribution is -0.110. The van der Waals surface area contributed by atoms with Gasteiger partial charge in [0.05, 0.1) is 0 Å². The molecule has 1 atom stereocenters. The topological polar surface area (TPSA) is 35.5 Å². The van der Waals surface area contributed by atoms with Crippen molar-refractivity contribution >= 4 is 11.9 Å². The summed E-state index contributed by atoms with van der Waals surface area (Å²) in [7, 11) is 0. The Labute approximate surface area is 116 Å². The second kappa shape index (κ2) is 4.32. The highest BCUT2D eigenvalue weighted by molar-refractivity contribution is 6.02. The van der Waals surface area contributed by atoms with Gasteiger partial charge < -0.3 is 9.47 Å². The Balaban J connectivity index is 1.92. The van der Waals surface area contributed by atoms with Crippen LogP contribution in [0.15, 0.2) is 65.5 Å². The number of fused-ring (bicyclic) bond motifs is 4. The predicted octanol–water partition coefficient (Wildman–Crippen LogP) is 3.08. The second-order valence-corrected chi connectivity index (χ2v) is 4.88. The van der Waals surface area contributed by atoms with Crippen LogP contribution >= 0.6 is 0 Å². The van der Waals surface area contributed by atoms with Crippen molar-refractivity contribution < 1.29 is 14.3 Å². The lowest BCUT2D eigenvalue weighted by Gasteiger charge is -2.23. The molecule has 0 bridgehead atoms. The fraction of sp³-hybridized carbons (Fsp3) is 0.118. The molecule has 1 unspecified atom stereocenters. The first-order valence-corrected chi connectivity index (χ1v) is 6.52. The van der Waals surface area contributed by atoms with Crippen molar-refractivity contribution in [2.45, 2.75) is 6.10 Å². The molecule has 0 spiro atoms. The number of ketones is 1. The normalized spacial score (nSPS) is 23.3. The largest absolute Gasteiger partial charge is 0.467 e. The van der Waals surface area contributed by atoms with E-state index in [1.165, 1.54) is 6.08 Å². The molecule has 0 amide bonds. The van der Waals surface area contributed by atoms with Crippen molar-refractivity contribution in [1.82, 2.24) is 0 Å². The van der Waals surface area contributed by atoms with E-state index in [1.54, 1.807) is 6.08 Å². The summed E-state index contributed by atoms with van der Waals surface area (Å²) >= 11 is 0. The van der Waals surface area contributed by atoms with Crippen LogP contribution < -0.4 is 0 Å². The van der Waals surface area contributed by atoms with Gasteiger partial charge in [-0.3, -0.25) is 4.79 Å². The van der Waals surface area contributed by atoms with Gasteiger partial charge in [0.2, 0.25) is 0 Å². The van der Waals surface area contributed by atoms with Crippen LogP contribution in [0.2, 0.25) is 0 Å². The van der Waals surface area contributed by atoms with Crippen molar-refractivity contribution in [3.63, 3.8) is 0 Å². The summed E-state index contributed by atoms with van der Waals surface area (Å²) in [6.07, 6.45) is 8.87. The fourth-order valence-corrected chi connectivity index (χ4v) is 2.77. The summed E-state index contributed by atoms with van der Waals surface area (Å²) in [6, 6.07) is 8.15. The van der Waals surface area contributed by atoms with E-state index in [9.17, 15) is 4.79 Å². The van der Waals surface area contributed by atoms with E-state index in [-0.39, 0.29) is 18.7 Å². The number of carbonyl (C=O) groups is 1. The molecule has 0 saturated carbocycles. The van der Waals surface area contributed by atoms with Crippen LogP contribution in [0.4, 0.5) is 0 Å². The number of benzene rings is 1. The van der Waals surface area contributed by atoms with Crippen molar-refractivity contribution in [1.29, 1.82) is 0 Å². The average Bonchev–Trinajstić information content (AvgIpc) is 2.66. The third kappa shape index (κ3) is 1.67. The zero-order chi connectivity index (χ0) is 13.5. The minimum absolute atomic E-state index is 0.0528. The average molecular weight is 264 g/mol. The molecular formula is C17H12O3. The summed E-state index contributed by atoms with van der Waals surface area (Å²) in [4.78, 5) is 11.5. The molecule has 1 aromatic rings. The van der Waals surface area contributed by atoms with Crippen LogP contribution in [-0.4, -0.2) is 12.6 Å². The minimum atomic E-state index is -0.144. The summed E-state index contributed by atoms with van der Waals surface area (Å²) in [5.41, 5.74) is 4.26. The highest BCUT2D eigenvalue weighted by Gasteiger charge is 2.29. The number of allylic oxidation sites excluding steroid dienone is 3. The van der Waals surface area contributed by atoms with E-state index in [0.717, 1.165) is 22.3 Å². The van der Waals surface area contributed by atoms with E-state index < -0.39 is 0 Å². The van der Waals surface area contributed by atoms with Gasteiger partial charge in [-0.1, -0.05) is 36.4 Å². The molecule has 3 nitrogen and oxygen atoms in total. The molecule has 1 aromatic carbocycles. The summed E-state index contributed by atoms with van der Waals surface area (Å²) < 4.78 is 11.4. The van der Waals surface area contributed by atoms with Gasteiger partial charge in [0, 0.05) is 11.6 Å². The second-order valence-electron chi connectivity index (χ2n) is 4.88. The van der Waals surface area contributed by atoms with Crippen LogP contribution in [0, 0.1) is 0 Å². The van der Waals surface area contributed by atoms with Gasteiger partial charge in [-0.25, -0.2) is 0 Å². The molecule has 0 aromatic heterocycles. The Morgan fingerprint density at radius 1 is 1.05 bits per heavy atom. The van der Waals surface area contributed by atoms with Crippen LogP contribution in [0.5, 0.6) is 0 Å². The first-order chi connectivity index (χ1) is 9.83. The molecule has 0 radical (unpaired) electrons. The maximum absolute atomic E-state index is 11.5. The maximum atomic E-state index is 11.5. The Morgan fingerprint density at radius 3 is 2.90 bits per heavy atom. The highest BCUT2D eigenvalue weighted by Crippen LogP contribution is 2.40. The van der Waals surface area contributed by atoms with Crippen LogP contribution in [0.25, 0.3) is 6.08 Å². The number of carbonyl (C=O) groups excluding carboxylic acids is 1. The smallest absolute Gasteiger partial charge is 0.190 e. The number of rotatable bonds is 0. The highest BCUT2D eigenvalue weighted by atomic mass is 16.7. The van der Waals surface area contributed by atoms with Crippen LogP contribution in [0.1, 0.15) is 17.2 Å². The molecule has 0 saturated heterocycles. The van der Waals surface area contributed by atoms with E-state index in [0.29, 0.717) is 5.76 Å². The molecule has 3 heteroatoms. The predicted molar refractivity (Wildman–Crippen MR) is 74.5 cm³/mol. The summed E-state index contributed by atoms with van der Waals surface area (Å²) in [6.45, 7) is 0.146. The van der Waals surface area contributed by atoms with Crippen molar-refractivity contribution in [3.05, 3.63) is 76.6 Å². The molecule has 98 valence electrons. The molecular weight excluding hydrogens is 252 g/mol. The lowest BCUT2D eigenvalue weighted by atomic mass is 9.87. The van der Waals surface area contributed by atoms with E-state index >= 15 is 0 Å². The molecule has 0 fully saturated rings. The molecule has 20 heavy (non-hydrogen) atoms. The monoisotopic (exact) mass is 264 g/mol. The number of hydrogen-bond donors (Lipinski definition) is 0. The first kappa shape index (κ1) is 11.4. The van der Waals surface area contributed by atoms with Crippen LogP contribution in [-0.2, 0) is 14.3 Å². The summed E-state index contributed by atoms with van der Waals surface area (Å²) in [5.74, 6) is 0.544. The van der Waals surface area contributed by atoms with Gasteiger partial charge in [-0.15, -0.1) is 0 Å². The molecule has 3 aliphatic rings. The zero-order valence-electron chi connectivity index (χ0n) is 10.7. The molecule has 4 rings (SSSR count). The van der Waals surface area contributed by atoms with Gasteiger partial charge in [0.15, 0.2) is 12.6 Å². The van der Waals surface area contributed by atoms with Crippen LogP contribution in [0.3, 0.4) is 0 Å². The van der Waals surface area contributed by atoms with Gasteiger partial charge in [0.1, 0.15) is 11.9 Å².